The lowest BCUT2D eigenvalue weighted by molar-refractivity contribution is -0.156. The molecule has 1 aromatic rings. The van der Waals surface area contributed by atoms with Crippen LogP contribution in [0.1, 0.15) is 22.0 Å². The van der Waals surface area contributed by atoms with Gasteiger partial charge in [0.2, 0.25) is 0 Å². The first-order chi connectivity index (χ1) is 8.40. The van der Waals surface area contributed by atoms with Gasteiger partial charge in [0.1, 0.15) is 6.10 Å². The molecule has 1 aromatic carbocycles. The summed E-state index contributed by atoms with van der Waals surface area (Å²) in [6.07, 6.45) is -3.68. The zero-order chi connectivity index (χ0) is 13.9. The van der Waals surface area contributed by atoms with Gasteiger partial charge in [-0.3, -0.25) is 0 Å². The second kappa shape index (κ2) is 5.48. The number of carboxylic acid groups (broad SMARTS) is 1. The Hall–Kier alpha value is -2.12. The monoisotopic (exact) mass is 255 g/mol. The number of hydrogen-bond acceptors (Lipinski definition) is 6. The fourth-order valence-electron chi connectivity index (χ4n) is 1.51. The van der Waals surface area contributed by atoms with Gasteiger partial charge in [0, 0.05) is 11.3 Å². The minimum absolute atomic E-state index is 0.0367. The molecular formula is C11H13NO6. The van der Waals surface area contributed by atoms with Crippen molar-refractivity contribution in [3.05, 3.63) is 29.3 Å². The number of carbonyl (C=O) groups excluding carboxylic acids is 1. The number of esters is 1. The molecule has 0 radical (unpaired) electrons. The van der Waals surface area contributed by atoms with Crippen LogP contribution in [0, 0.1) is 0 Å². The minimum atomic E-state index is -1.90. The normalized spacial score (nSPS) is 13.7. The predicted octanol–water partition coefficient (Wildman–Crippen LogP) is -0.466. The smallest absolute Gasteiger partial charge is 0.337 e. The molecule has 1 rings (SSSR count). The first-order valence-electron chi connectivity index (χ1n) is 4.95. The van der Waals surface area contributed by atoms with Gasteiger partial charge in [-0.15, -0.1) is 0 Å². The fourth-order valence-corrected chi connectivity index (χ4v) is 1.51. The summed E-state index contributed by atoms with van der Waals surface area (Å²) in [6, 6.07) is 3.95. The lowest BCUT2D eigenvalue weighted by Gasteiger charge is -2.19. The van der Waals surface area contributed by atoms with E-state index in [2.05, 4.69) is 4.74 Å². The number of rotatable bonds is 4. The molecule has 0 heterocycles. The average Bonchev–Trinajstić information content (AvgIpc) is 2.35. The Bertz CT molecular complexity index is 473. The highest BCUT2D eigenvalue weighted by atomic mass is 16.5. The number of hydrogen-bond donors (Lipinski definition) is 4. The maximum atomic E-state index is 11.1. The minimum Gasteiger partial charge on any atom is -0.478 e. The van der Waals surface area contributed by atoms with Gasteiger partial charge in [-0.1, -0.05) is 6.07 Å². The van der Waals surface area contributed by atoms with Crippen LogP contribution in [0.4, 0.5) is 5.69 Å². The second-order valence-electron chi connectivity index (χ2n) is 3.53. The number of ether oxygens (including phenoxy) is 1. The first kappa shape index (κ1) is 13.9. The third kappa shape index (κ3) is 2.58. The molecule has 0 amide bonds. The number of aliphatic hydroxyl groups is 2. The zero-order valence-electron chi connectivity index (χ0n) is 9.53. The van der Waals surface area contributed by atoms with Crippen molar-refractivity contribution in [2.24, 2.45) is 0 Å². The van der Waals surface area contributed by atoms with Gasteiger partial charge in [0.25, 0.3) is 0 Å². The van der Waals surface area contributed by atoms with E-state index in [4.69, 9.17) is 10.8 Å². The van der Waals surface area contributed by atoms with Crippen molar-refractivity contribution in [2.45, 2.75) is 12.2 Å². The highest BCUT2D eigenvalue weighted by Gasteiger charge is 2.31. The van der Waals surface area contributed by atoms with Crippen LogP contribution >= 0.6 is 0 Å². The van der Waals surface area contributed by atoms with Crippen LogP contribution in [-0.2, 0) is 9.53 Å². The Labute approximate surface area is 102 Å². The lowest BCUT2D eigenvalue weighted by Crippen LogP contribution is -2.30. The van der Waals surface area contributed by atoms with Gasteiger partial charge in [-0.05, 0) is 12.1 Å². The molecule has 0 aromatic heterocycles. The summed E-state index contributed by atoms with van der Waals surface area (Å²) in [5.41, 5.74) is 5.01. The lowest BCUT2D eigenvalue weighted by atomic mass is 9.96. The van der Waals surface area contributed by atoms with Gasteiger partial charge in [-0.25, -0.2) is 9.59 Å². The number of anilines is 1. The third-order valence-corrected chi connectivity index (χ3v) is 2.41. The summed E-state index contributed by atoms with van der Waals surface area (Å²) in [5.74, 6) is -2.41. The van der Waals surface area contributed by atoms with Gasteiger partial charge in [-0.2, -0.15) is 0 Å². The summed E-state index contributed by atoms with van der Waals surface area (Å²) >= 11 is 0. The number of carboxylic acids is 1. The van der Waals surface area contributed by atoms with Crippen LogP contribution in [0.5, 0.6) is 0 Å². The Morgan fingerprint density at radius 3 is 2.44 bits per heavy atom. The molecular weight excluding hydrogens is 242 g/mol. The Kier molecular flexibility index (Phi) is 4.24. The van der Waals surface area contributed by atoms with Crippen molar-refractivity contribution >= 4 is 17.6 Å². The Balaban J connectivity index is 3.23. The van der Waals surface area contributed by atoms with Gasteiger partial charge in [0.15, 0.2) is 6.10 Å². The summed E-state index contributed by atoms with van der Waals surface area (Å²) in [4.78, 5) is 22.1. The number of carbonyl (C=O) groups is 2. The quantitative estimate of drug-likeness (QED) is 0.422. The van der Waals surface area contributed by atoms with E-state index in [1.165, 1.54) is 18.2 Å². The highest BCUT2D eigenvalue weighted by molar-refractivity contribution is 5.92. The van der Waals surface area contributed by atoms with Crippen LogP contribution in [-0.4, -0.2) is 40.5 Å². The van der Waals surface area contributed by atoms with E-state index in [0.717, 1.165) is 7.11 Å². The summed E-state index contributed by atoms with van der Waals surface area (Å²) in [6.45, 7) is 0. The van der Waals surface area contributed by atoms with Gasteiger partial charge < -0.3 is 25.8 Å². The maximum Gasteiger partial charge on any atom is 0.337 e. The number of aliphatic hydroxyl groups excluding tert-OH is 2. The van der Waals surface area contributed by atoms with Crippen molar-refractivity contribution in [3.63, 3.8) is 0 Å². The van der Waals surface area contributed by atoms with Crippen molar-refractivity contribution in [3.8, 4) is 0 Å². The molecule has 7 heteroatoms. The number of nitrogens with two attached hydrogens (primary N) is 1. The van der Waals surface area contributed by atoms with Crippen LogP contribution in [0.2, 0.25) is 0 Å². The van der Waals surface area contributed by atoms with Gasteiger partial charge >= 0.3 is 11.9 Å². The van der Waals surface area contributed by atoms with Crippen molar-refractivity contribution in [1.29, 1.82) is 0 Å². The molecule has 0 saturated heterocycles. The van der Waals surface area contributed by atoms with E-state index in [0.29, 0.717) is 0 Å². The molecule has 0 spiro atoms. The molecule has 7 nitrogen and oxygen atoms in total. The molecule has 0 aliphatic rings. The Morgan fingerprint density at radius 1 is 1.33 bits per heavy atom. The van der Waals surface area contributed by atoms with Crippen LogP contribution in [0.15, 0.2) is 18.2 Å². The maximum absolute atomic E-state index is 11.1. The number of benzene rings is 1. The molecule has 0 fully saturated rings. The van der Waals surface area contributed by atoms with E-state index < -0.39 is 24.1 Å². The van der Waals surface area contributed by atoms with Crippen molar-refractivity contribution in [2.75, 3.05) is 12.8 Å². The second-order valence-corrected chi connectivity index (χ2v) is 3.53. The van der Waals surface area contributed by atoms with E-state index in [1.54, 1.807) is 0 Å². The molecule has 2 atom stereocenters. The van der Waals surface area contributed by atoms with E-state index >= 15 is 0 Å². The third-order valence-electron chi connectivity index (χ3n) is 2.41. The number of methoxy groups -OCH3 is 1. The SMILES string of the molecule is COC(=O)C(O)C(O)c1c(N)cccc1C(=O)O. The predicted molar refractivity (Wildman–Crippen MR) is 60.8 cm³/mol. The number of nitrogen functional groups attached to an aromatic ring is 1. The first-order valence-corrected chi connectivity index (χ1v) is 4.95. The number of aromatic carboxylic acids is 1. The Morgan fingerprint density at radius 2 is 1.94 bits per heavy atom. The molecule has 0 bridgehead atoms. The molecule has 0 aliphatic carbocycles. The topological polar surface area (TPSA) is 130 Å². The average molecular weight is 255 g/mol. The van der Waals surface area contributed by atoms with E-state index in [9.17, 15) is 19.8 Å². The molecule has 2 unspecified atom stereocenters. The van der Waals surface area contributed by atoms with E-state index in [-0.39, 0.29) is 16.8 Å². The molecule has 0 aliphatic heterocycles. The van der Waals surface area contributed by atoms with Crippen molar-refractivity contribution in [1.82, 2.24) is 0 Å². The van der Waals surface area contributed by atoms with Crippen LogP contribution in [0.25, 0.3) is 0 Å². The van der Waals surface area contributed by atoms with Gasteiger partial charge in [0.05, 0.1) is 12.7 Å². The summed E-state index contributed by atoms with van der Waals surface area (Å²) in [7, 11) is 1.03. The largest absolute Gasteiger partial charge is 0.478 e. The summed E-state index contributed by atoms with van der Waals surface area (Å²) < 4.78 is 4.26. The molecule has 18 heavy (non-hydrogen) atoms. The van der Waals surface area contributed by atoms with E-state index in [1.807, 2.05) is 0 Å². The molecule has 0 saturated carbocycles. The fraction of sp³-hybridized carbons (Fsp3) is 0.273. The standard InChI is InChI=1S/C11H13NO6/c1-18-11(17)9(14)8(13)7-5(10(15)16)3-2-4-6(7)12/h2-4,8-9,13-14H,12H2,1H3,(H,15,16). The van der Waals surface area contributed by atoms with Crippen molar-refractivity contribution < 1.29 is 29.6 Å². The zero-order valence-corrected chi connectivity index (χ0v) is 9.53. The molecule has 5 N–H and O–H groups in total. The van der Waals surface area contributed by atoms with Crippen LogP contribution in [0.3, 0.4) is 0 Å². The molecule has 98 valence electrons. The highest BCUT2D eigenvalue weighted by Crippen LogP contribution is 2.27. The summed E-state index contributed by atoms with van der Waals surface area (Å²) in [5, 5.41) is 28.3. The van der Waals surface area contributed by atoms with Crippen LogP contribution < -0.4 is 5.73 Å².